The van der Waals surface area contributed by atoms with Crippen LogP contribution in [-0.4, -0.2) is 20.6 Å². The van der Waals surface area contributed by atoms with Crippen LogP contribution in [0.3, 0.4) is 0 Å². The summed E-state index contributed by atoms with van der Waals surface area (Å²) in [5.74, 6) is -0.258. The minimum Gasteiger partial charge on any atom is -0.328 e. The summed E-state index contributed by atoms with van der Waals surface area (Å²) in [4.78, 5) is 0.529. The lowest BCUT2D eigenvalue weighted by Crippen LogP contribution is -2.17. The summed E-state index contributed by atoms with van der Waals surface area (Å²) in [5.41, 5.74) is 7.38. The highest BCUT2D eigenvalue weighted by molar-refractivity contribution is 7.99. The van der Waals surface area contributed by atoms with E-state index in [-0.39, 0.29) is 11.9 Å². The summed E-state index contributed by atoms with van der Waals surface area (Å²) in [6.45, 7) is 1.91. The average molecular weight is 302 g/mol. The number of hydrogen-bond donors (Lipinski definition) is 1. The van der Waals surface area contributed by atoms with Crippen molar-refractivity contribution in [3.63, 3.8) is 0 Å². The normalized spacial score (nSPS) is 12.7. The van der Waals surface area contributed by atoms with Crippen molar-refractivity contribution in [2.24, 2.45) is 5.73 Å². The molecule has 2 aromatic heterocycles. The number of nitrogens with two attached hydrogens (primary N) is 1. The zero-order chi connectivity index (χ0) is 14.8. The lowest BCUT2D eigenvalue weighted by Gasteiger charge is -2.07. The first kappa shape index (κ1) is 14.0. The summed E-state index contributed by atoms with van der Waals surface area (Å²) in [6, 6.07) is 10.9. The Labute approximate surface area is 126 Å². The Bertz CT molecular complexity index is 769. The van der Waals surface area contributed by atoms with Crippen LogP contribution in [0.15, 0.2) is 52.6 Å². The van der Waals surface area contributed by atoms with Gasteiger partial charge in [-0.05, 0) is 54.9 Å². The maximum atomic E-state index is 14.2. The van der Waals surface area contributed by atoms with Crippen molar-refractivity contribution in [3.8, 4) is 0 Å². The van der Waals surface area contributed by atoms with Gasteiger partial charge in [0, 0.05) is 12.2 Å². The lowest BCUT2D eigenvalue weighted by molar-refractivity contribution is 0.597. The van der Waals surface area contributed by atoms with Gasteiger partial charge in [-0.15, -0.1) is 10.2 Å². The van der Waals surface area contributed by atoms with Crippen molar-refractivity contribution >= 4 is 17.4 Å². The van der Waals surface area contributed by atoms with E-state index in [1.807, 2.05) is 41.8 Å². The fraction of sp³-hybridized carbons (Fsp3) is 0.200. The molecular formula is C15H15FN4S. The first-order valence-corrected chi connectivity index (χ1v) is 7.47. The second kappa shape index (κ2) is 5.83. The first-order valence-electron chi connectivity index (χ1n) is 6.65. The molecular weight excluding hydrogens is 287 g/mol. The summed E-state index contributed by atoms with van der Waals surface area (Å²) >= 11 is 1.26. The van der Waals surface area contributed by atoms with E-state index in [0.717, 1.165) is 11.2 Å². The van der Waals surface area contributed by atoms with Crippen LogP contribution in [0.4, 0.5) is 4.39 Å². The third-order valence-electron chi connectivity index (χ3n) is 3.04. The Morgan fingerprint density at radius 1 is 1.29 bits per heavy atom. The molecule has 0 fully saturated rings. The molecule has 108 valence electrons. The molecule has 21 heavy (non-hydrogen) atoms. The number of pyridine rings is 1. The van der Waals surface area contributed by atoms with E-state index < -0.39 is 0 Å². The van der Waals surface area contributed by atoms with E-state index in [1.165, 1.54) is 17.8 Å². The predicted molar refractivity (Wildman–Crippen MR) is 80.9 cm³/mol. The third-order valence-corrected chi connectivity index (χ3v) is 4.05. The molecule has 1 atom stereocenters. The van der Waals surface area contributed by atoms with Gasteiger partial charge < -0.3 is 5.73 Å². The first-order chi connectivity index (χ1) is 10.1. The number of fused-ring (bicyclic) bond motifs is 1. The van der Waals surface area contributed by atoms with Gasteiger partial charge in [-0.2, -0.15) is 0 Å². The SMILES string of the molecule is CC(N)Cc1ccc(Sc2nnc3ccccn23)c(F)c1. The Balaban J connectivity index is 1.88. The van der Waals surface area contributed by atoms with Crippen LogP contribution in [-0.2, 0) is 6.42 Å². The monoisotopic (exact) mass is 302 g/mol. The van der Waals surface area contributed by atoms with Crippen LogP contribution in [0.25, 0.3) is 5.65 Å². The van der Waals surface area contributed by atoms with E-state index in [1.54, 1.807) is 6.07 Å². The molecule has 0 aliphatic rings. The second-order valence-corrected chi connectivity index (χ2v) is 5.97. The van der Waals surface area contributed by atoms with Crippen molar-refractivity contribution in [2.75, 3.05) is 0 Å². The molecule has 0 aliphatic carbocycles. The Kier molecular flexibility index (Phi) is 3.90. The van der Waals surface area contributed by atoms with Gasteiger partial charge in [0.2, 0.25) is 5.16 Å². The Hall–Kier alpha value is -1.92. The molecule has 2 heterocycles. The summed E-state index contributed by atoms with van der Waals surface area (Å²) < 4.78 is 16.0. The van der Waals surface area contributed by atoms with Gasteiger partial charge >= 0.3 is 0 Å². The lowest BCUT2D eigenvalue weighted by atomic mass is 10.1. The van der Waals surface area contributed by atoms with Gasteiger partial charge in [0.05, 0.1) is 4.90 Å². The fourth-order valence-electron chi connectivity index (χ4n) is 2.11. The third kappa shape index (κ3) is 3.06. The van der Waals surface area contributed by atoms with Crippen molar-refractivity contribution in [3.05, 3.63) is 54.0 Å². The maximum absolute atomic E-state index is 14.2. The van der Waals surface area contributed by atoms with Crippen LogP contribution < -0.4 is 5.73 Å². The molecule has 3 rings (SSSR count). The van der Waals surface area contributed by atoms with Gasteiger partial charge in [-0.1, -0.05) is 12.1 Å². The van der Waals surface area contributed by atoms with Crippen LogP contribution >= 0.6 is 11.8 Å². The van der Waals surface area contributed by atoms with Gasteiger partial charge in [0.25, 0.3) is 0 Å². The topological polar surface area (TPSA) is 56.2 Å². The van der Waals surface area contributed by atoms with Crippen LogP contribution in [0, 0.1) is 5.82 Å². The molecule has 4 nitrogen and oxygen atoms in total. The zero-order valence-corrected chi connectivity index (χ0v) is 12.3. The van der Waals surface area contributed by atoms with E-state index in [9.17, 15) is 4.39 Å². The molecule has 3 aromatic rings. The van der Waals surface area contributed by atoms with E-state index >= 15 is 0 Å². The molecule has 6 heteroatoms. The molecule has 0 radical (unpaired) electrons. The van der Waals surface area contributed by atoms with Crippen molar-refractivity contribution in [2.45, 2.75) is 29.4 Å². The molecule has 1 unspecified atom stereocenters. The summed E-state index contributed by atoms with van der Waals surface area (Å²) in [5, 5.41) is 8.79. The molecule has 1 aromatic carbocycles. The maximum Gasteiger partial charge on any atom is 0.200 e. The molecule has 0 spiro atoms. The number of halogens is 1. The predicted octanol–water partition coefficient (Wildman–Crippen LogP) is 2.91. The molecule has 0 aliphatic heterocycles. The van der Waals surface area contributed by atoms with Gasteiger partial charge in [0.15, 0.2) is 5.65 Å². The van der Waals surface area contributed by atoms with Crippen LogP contribution in [0.5, 0.6) is 0 Å². The van der Waals surface area contributed by atoms with Gasteiger partial charge in [-0.3, -0.25) is 4.40 Å². The van der Waals surface area contributed by atoms with Crippen molar-refractivity contribution < 1.29 is 4.39 Å². The minimum absolute atomic E-state index is 0.0170. The molecule has 0 saturated heterocycles. The average Bonchev–Trinajstić information content (AvgIpc) is 2.85. The Morgan fingerprint density at radius 2 is 2.14 bits per heavy atom. The quantitative estimate of drug-likeness (QED) is 0.805. The summed E-state index contributed by atoms with van der Waals surface area (Å²) in [7, 11) is 0. The van der Waals surface area contributed by atoms with Crippen molar-refractivity contribution in [1.29, 1.82) is 0 Å². The van der Waals surface area contributed by atoms with Gasteiger partial charge in [0.1, 0.15) is 5.82 Å². The van der Waals surface area contributed by atoms with Crippen LogP contribution in [0.1, 0.15) is 12.5 Å². The minimum atomic E-state index is -0.258. The number of hydrogen-bond acceptors (Lipinski definition) is 4. The highest BCUT2D eigenvalue weighted by atomic mass is 32.2. The fourth-order valence-corrected chi connectivity index (χ4v) is 2.94. The Morgan fingerprint density at radius 3 is 2.90 bits per heavy atom. The van der Waals surface area contributed by atoms with E-state index in [2.05, 4.69) is 10.2 Å². The molecule has 2 N–H and O–H groups in total. The van der Waals surface area contributed by atoms with E-state index in [0.29, 0.717) is 16.5 Å². The van der Waals surface area contributed by atoms with Crippen molar-refractivity contribution in [1.82, 2.24) is 14.6 Å². The molecule has 0 saturated carbocycles. The number of benzene rings is 1. The van der Waals surface area contributed by atoms with E-state index in [4.69, 9.17) is 5.73 Å². The number of rotatable bonds is 4. The number of aromatic nitrogens is 3. The second-order valence-electron chi connectivity index (χ2n) is 4.96. The van der Waals surface area contributed by atoms with Gasteiger partial charge in [-0.25, -0.2) is 4.39 Å². The molecule has 0 amide bonds. The van der Waals surface area contributed by atoms with Crippen LogP contribution in [0.2, 0.25) is 0 Å². The standard InChI is InChI=1S/C15H15FN4S/c1-10(17)8-11-5-6-13(12(16)9-11)21-15-19-18-14-4-2-3-7-20(14)15/h2-7,9-10H,8,17H2,1H3. The number of nitrogens with zero attached hydrogens (tertiary/aromatic N) is 3. The summed E-state index contributed by atoms with van der Waals surface area (Å²) in [6.07, 6.45) is 2.52. The largest absolute Gasteiger partial charge is 0.328 e. The highest BCUT2D eigenvalue weighted by Gasteiger charge is 2.11. The highest BCUT2D eigenvalue weighted by Crippen LogP contribution is 2.29. The zero-order valence-electron chi connectivity index (χ0n) is 11.5. The molecule has 0 bridgehead atoms. The smallest absolute Gasteiger partial charge is 0.200 e.